The zero-order valence-electron chi connectivity index (χ0n) is 4.36. The van der Waals surface area contributed by atoms with Crippen molar-refractivity contribution in [3.8, 4) is 0 Å². The van der Waals surface area contributed by atoms with E-state index in [1.165, 1.54) is 0 Å². The van der Waals surface area contributed by atoms with Gasteiger partial charge in [0.05, 0.1) is 0 Å². The number of hydrogen-bond acceptors (Lipinski definition) is 2. The Kier molecular flexibility index (Phi) is 4.01. The normalized spacial score (nSPS) is 12.9. The fourth-order valence-electron chi connectivity index (χ4n) is 0.215. The minimum Gasteiger partial charge on any atom is -0.346 e. The van der Waals surface area contributed by atoms with Gasteiger partial charge in [0.25, 0.3) is 0 Å². The largest absolute Gasteiger partial charge is 0.346 e. The molecule has 0 bridgehead atoms. The van der Waals surface area contributed by atoms with Crippen molar-refractivity contribution < 1.29 is 9.08 Å². The van der Waals surface area contributed by atoms with Crippen molar-refractivity contribution in [3.05, 3.63) is 0 Å². The topological polar surface area (TPSA) is 26.3 Å². The molecule has 1 atom stereocenters. The fraction of sp³-hybridized carbons (Fsp3) is 0.750. The molecule has 8 heavy (non-hydrogen) atoms. The molecule has 0 spiro atoms. The molecule has 0 fully saturated rings. The Balaban J connectivity index is 3.46. The standard InChI is InChI=1S/C4H6Cl2O2/c1-2-3(5)4(7)8-6/h3H,2H2,1H3. The number of carbonyl (C=O) groups excluding carboxylic acids is 1. The lowest BCUT2D eigenvalue weighted by molar-refractivity contribution is -0.133. The second kappa shape index (κ2) is 3.98. The van der Waals surface area contributed by atoms with E-state index in [1.54, 1.807) is 6.92 Å². The van der Waals surface area contributed by atoms with E-state index in [-0.39, 0.29) is 0 Å². The van der Waals surface area contributed by atoms with Crippen LogP contribution in [0.25, 0.3) is 0 Å². The molecule has 0 aromatic heterocycles. The molecule has 0 aromatic rings. The van der Waals surface area contributed by atoms with Crippen LogP contribution >= 0.6 is 23.5 Å². The highest BCUT2D eigenvalue weighted by Gasteiger charge is 2.12. The van der Waals surface area contributed by atoms with E-state index in [9.17, 15) is 4.79 Å². The van der Waals surface area contributed by atoms with E-state index >= 15 is 0 Å². The first-order valence-electron chi connectivity index (χ1n) is 2.18. The summed E-state index contributed by atoms with van der Waals surface area (Å²) in [5.41, 5.74) is 0. The Morgan fingerprint density at radius 2 is 2.38 bits per heavy atom. The molecule has 0 aliphatic carbocycles. The molecule has 4 heteroatoms. The van der Waals surface area contributed by atoms with Gasteiger partial charge in [-0.25, -0.2) is 4.79 Å². The van der Waals surface area contributed by atoms with E-state index in [4.69, 9.17) is 23.5 Å². The third kappa shape index (κ3) is 2.38. The number of halogens is 2. The summed E-state index contributed by atoms with van der Waals surface area (Å²) < 4.78 is 3.80. The highest BCUT2D eigenvalue weighted by molar-refractivity contribution is 6.31. The van der Waals surface area contributed by atoms with Crippen molar-refractivity contribution in [2.24, 2.45) is 0 Å². The second-order valence-electron chi connectivity index (χ2n) is 1.27. The molecule has 0 rings (SSSR count). The van der Waals surface area contributed by atoms with Gasteiger partial charge in [-0.05, 0) is 6.42 Å². The fourth-order valence-corrected chi connectivity index (χ4v) is 0.413. The first-order valence-corrected chi connectivity index (χ1v) is 2.93. The van der Waals surface area contributed by atoms with Gasteiger partial charge in [-0.1, -0.05) is 6.92 Å². The van der Waals surface area contributed by atoms with Crippen LogP contribution in [0.3, 0.4) is 0 Å². The lowest BCUT2D eigenvalue weighted by atomic mass is 10.3. The van der Waals surface area contributed by atoms with Crippen molar-refractivity contribution in [2.75, 3.05) is 0 Å². The Labute approximate surface area is 57.9 Å². The van der Waals surface area contributed by atoms with E-state index in [0.29, 0.717) is 6.42 Å². The summed E-state index contributed by atoms with van der Waals surface area (Å²) in [6.07, 6.45) is 0.535. The van der Waals surface area contributed by atoms with Crippen LogP contribution in [0.2, 0.25) is 0 Å². The number of rotatable bonds is 2. The van der Waals surface area contributed by atoms with Gasteiger partial charge in [-0.3, -0.25) is 0 Å². The Bertz CT molecular complexity index is 84.1. The molecule has 48 valence electrons. The summed E-state index contributed by atoms with van der Waals surface area (Å²) in [7, 11) is 0. The van der Waals surface area contributed by atoms with Crippen molar-refractivity contribution in [1.82, 2.24) is 0 Å². The molecule has 0 amide bonds. The van der Waals surface area contributed by atoms with Crippen LogP contribution < -0.4 is 0 Å². The van der Waals surface area contributed by atoms with Crippen LogP contribution in [0.1, 0.15) is 13.3 Å². The van der Waals surface area contributed by atoms with E-state index < -0.39 is 11.3 Å². The molecule has 0 N–H and O–H groups in total. The van der Waals surface area contributed by atoms with Crippen molar-refractivity contribution in [2.45, 2.75) is 18.7 Å². The average Bonchev–Trinajstić information content (AvgIpc) is 1.84. The third-order valence-electron chi connectivity index (χ3n) is 0.690. The van der Waals surface area contributed by atoms with Crippen LogP contribution in [0.4, 0.5) is 0 Å². The molecular weight excluding hydrogens is 151 g/mol. The van der Waals surface area contributed by atoms with Crippen molar-refractivity contribution in [1.29, 1.82) is 0 Å². The zero-order chi connectivity index (χ0) is 6.57. The first-order chi connectivity index (χ1) is 3.72. The highest BCUT2D eigenvalue weighted by atomic mass is 35.5. The number of carbonyl (C=O) groups is 1. The van der Waals surface area contributed by atoms with E-state index in [1.807, 2.05) is 0 Å². The zero-order valence-corrected chi connectivity index (χ0v) is 5.87. The predicted molar refractivity (Wildman–Crippen MR) is 31.9 cm³/mol. The van der Waals surface area contributed by atoms with Gasteiger partial charge in [0.15, 0.2) is 0 Å². The van der Waals surface area contributed by atoms with Gasteiger partial charge in [0.2, 0.25) is 0 Å². The lowest BCUT2D eigenvalue weighted by Gasteiger charge is -1.97. The summed E-state index contributed by atoms with van der Waals surface area (Å²) in [5.74, 6) is -0.587. The molecule has 1 unspecified atom stereocenters. The molecular formula is C4H6Cl2O2. The Hall–Kier alpha value is 0.0500. The quantitative estimate of drug-likeness (QED) is 0.570. The molecule has 0 saturated heterocycles. The van der Waals surface area contributed by atoms with Gasteiger partial charge in [-0.2, -0.15) is 0 Å². The van der Waals surface area contributed by atoms with Crippen molar-refractivity contribution >= 4 is 29.4 Å². The van der Waals surface area contributed by atoms with Crippen LogP contribution in [-0.4, -0.2) is 11.3 Å². The van der Waals surface area contributed by atoms with Gasteiger partial charge in [-0.15, -0.1) is 11.6 Å². The van der Waals surface area contributed by atoms with E-state index in [2.05, 4.69) is 4.29 Å². The van der Waals surface area contributed by atoms with E-state index in [0.717, 1.165) is 0 Å². The summed E-state index contributed by atoms with van der Waals surface area (Å²) in [4.78, 5) is 10.3. The van der Waals surface area contributed by atoms with Crippen LogP contribution in [0, 0.1) is 0 Å². The Morgan fingerprint density at radius 3 is 2.50 bits per heavy atom. The Morgan fingerprint density at radius 1 is 1.88 bits per heavy atom. The molecule has 0 aliphatic heterocycles. The summed E-state index contributed by atoms with van der Waals surface area (Å²) in [6.45, 7) is 1.77. The molecule has 0 aliphatic rings. The average molecular weight is 157 g/mol. The maximum atomic E-state index is 10.3. The number of hydrogen-bond donors (Lipinski definition) is 0. The smallest absolute Gasteiger partial charge is 0.342 e. The van der Waals surface area contributed by atoms with Crippen molar-refractivity contribution in [3.63, 3.8) is 0 Å². The summed E-state index contributed by atoms with van der Waals surface area (Å²) >= 11 is 10.0. The summed E-state index contributed by atoms with van der Waals surface area (Å²) in [6, 6.07) is 0. The minimum atomic E-state index is -0.604. The minimum absolute atomic E-state index is 0.535. The molecule has 0 saturated carbocycles. The monoisotopic (exact) mass is 156 g/mol. The number of alkyl halides is 1. The first kappa shape index (κ1) is 8.05. The molecule has 2 nitrogen and oxygen atoms in total. The predicted octanol–water partition coefficient (Wildman–Crippen LogP) is 1.70. The van der Waals surface area contributed by atoms with Gasteiger partial charge in [0.1, 0.15) is 17.2 Å². The third-order valence-corrected chi connectivity index (χ3v) is 1.33. The molecule has 0 aromatic carbocycles. The molecule has 0 heterocycles. The summed E-state index contributed by atoms with van der Waals surface area (Å²) in [5, 5.41) is -0.604. The second-order valence-corrected chi connectivity index (χ2v) is 1.95. The van der Waals surface area contributed by atoms with Crippen LogP contribution in [-0.2, 0) is 9.08 Å². The van der Waals surface area contributed by atoms with Gasteiger partial charge < -0.3 is 4.29 Å². The SMILES string of the molecule is CCC(Cl)C(=O)OCl. The van der Waals surface area contributed by atoms with Crippen LogP contribution in [0.15, 0.2) is 0 Å². The van der Waals surface area contributed by atoms with Gasteiger partial charge in [0, 0.05) is 0 Å². The lowest BCUT2D eigenvalue weighted by Crippen LogP contribution is -2.12. The maximum Gasteiger partial charge on any atom is 0.342 e. The maximum absolute atomic E-state index is 10.3. The van der Waals surface area contributed by atoms with Gasteiger partial charge >= 0.3 is 5.97 Å². The highest BCUT2D eigenvalue weighted by Crippen LogP contribution is 2.03. The van der Waals surface area contributed by atoms with Crippen LogP contribution in [0.5, 0.6) is 0 Å². The molecule has 0 radical (unpaired) electrons.